The summed E-state index contributed by atoms with van der Waals surface area (Å²) in [6.45, 7) is 3.72. The maximum absolute atomic E-state index is 5.65. The van der Waals surface area contributed by atoms with E-state index in [4.69, 9.17) is 10.5 Å². The topological polar surface area (TPSA) is 60.2 Å². The standard InChI is InChI=1S/C11H16BrN3O/c1-11(3-2-4-16-7-11)15-10-9(12)5-8(13)6-14-10/h5-6H,2-4,7,13H2,1H3,(H,14,15). The molecule has 1 aromatic heterocycles. The van der Waals surface area contributed by atoms with Crippen molar-refractivity contribution >= 4 is 27.4 Å². The Hall–Kier alpha value is -0.810. The van der Waals surface area contributed by atoms with Gasteiger partial charge in [-0.2, -0.15) is 0 Å². The van der Waals surface area contributed by atoms with Crippen LogP contribution < -0.4 is 11.1 Å². The van der Waals surface area contributed by atoms with Crippen LogP contribution >= 0.6 is 15.9 Å². The third kappa shape index (κ3) is 2.65. The number of nitrogen functional groups attached to an aromatic ring is 1. The molecule has 0 bridgehead atoms. The summed E-state index contributed by atoms with van der Waals surface area (Å²) >= 11 is 3.45. The van der Waals surface area contributed by atoms with Crippen LogP contribution in [-0.2, 0) is 4.74 Å². The number of rotatable bonds is 2. The highest BCUT2D eigenvalue weighted by molar-refractivity contribution is 9.10. The van der Waals surface area contributed by atoms with Gasteiger partial charge in [0, 0.05) is 6.61 Å². The van der Waals surface area contributed by atoms with Gasteiger partial charge in [0.2, 0.25) is 0 Å². The minimum absolute atomic E-state index is 0.0378. The first kappa shape index (κ1) is 11.7. The van der Waals surface area contributed by atoms with E-state index in [2.05, 4.69) is 33.2 Å². The lowest BCUT2D eigenvalue weighted by molar-refractivity contribution is 0.0538. The van der Waals surface area contributed by atoms with Crippen molar-refractivity contribution in [3.8, 4) is 0 Å². The predicted octanol–water partition coefficient (Wildman–Crippen LogP) is 2.41. The summed E-state index contributed by atoms with van der Waals surface area (Å²) in [6.07, 6.45) is 3.82. The number of pyridine rings is 1. The fraction of sp³-hybridized carbons (Fsp3) is 0.545. The zero-order valence-corrected chi connectivity index (χ0v) is 10.9. The average molecular weight is 286 g/mol. The van der Waals surface area contributed by atoms with Crippen molar-refractivity contribution in [2.45, 2.75) is 25.3 Å². The number of hydrogen-bond acceptors (Lipinski definition) is 4. The van der Waals surface area contributed by atoms with Gasteiger partial charge >= 0.3 is 0 Å². The van der Waals surface area contributed by atoms with Gasteiger partial charge in [-0.3, -0.25) is 0 Å². The molecule has 0 aromatic carbocycles. The molecule has 1 saturated heterocycles. The molecular formula is C11H16BrN3O. The molecule has 1 atom stereocenters. The quantitative estimate of drug-likeness (QED) is 0.876. The van der Waals surface area contributed by atoms with Crippen LogP contribution in [0.3, 0.4) is 0 Å². The van der Waals surface area contributed by atoms with Crippen molar-refractivity contribution in [2.24, 2.45) is 0 Å². The largest absolute Gasteiger partial charge is 0.397 e. The summed E-state index contributed by atoms with van der Waals surface area (Å²) in [4.78, 5) is 4.28. The molecule has 1 fully saturated rings. The lowest BCUT2D eigenvalue weighted by Gasteiger charge is -2.35. The Bertz CT molecular complexity index is 377. The Kier molecular flexibility index (Phi) is 3.35. The van der Waals surface area contributed by atoms with Crippen molar-refractivity contribution in [3.63, 3.8) is 0 Å². The lowest BCUT2D eigenvalue weighted by Crippen LogP contribution is -2.43. The molecule has 1 aliphatic heterocycles. The van der Waals surface area contributed by atoms with Gasteiger partial charge in [0.05, 0.1) is 28.5 Å². The Balaban J connectivity index is 2.13. The van der Waals surface area contributed by atoms with E-state index < -0.39 is 0 Å². The molecule has 0 radical (unpaired) electrons. The number of anilines is 2. The maximum Gasteiger partial charge on any atom is 0.140 e. The van der Waals surface area contributed by atoms with E-state index in [0.717, 1.165) is 29.7 Å². The van der Waals surface area contributed by atoms with Gasteiger partial charge in [0.1, 0.15) is 5.82 Å². The SMILES string of the molecule is CC1(Nc2ncc(N)cc2Br)CCCOC1. The monoisotopic (exact) mass is 285 g/mol. The van der Waals surface area contributed by atoms with Crippen LogP contribution in [0.15, 0.2) is 16.7 Å². The number of nitrogens with one attached hydrogen (secondary N) is 1. The minimum Gasteiger partial charge on any atom is -0.397 e. The fourth-order valence-electron chi connectivity index (χ4n) is 1.86. The number of hydrogen-bond donors (Lipinski definition) is 2. The molecule has 0 aliphatic carbocycles. The van der Waals surface area contributed by atoms with Crippen molar-refractivity contribution in [1.82, 2.24) is 4.98 Å². The van der Waals surface area contributed by atoms with Crippen molar-refractivity contribution in [1.29, 1.82) is 0 Å². The molecule has 1 unspecified atom stereocenters. The van der Waals surface area contributed by atoms with Gasteiger partial charge in [-0.05, 0) is 41.8 Å². The molecule has 1 aromatic rings. The molecule has 88 valence electrons. The van der Waals surface area contributed by atoms with Crippen LogP contribution in [0.5, 0.6) is 0 Å². The first-order valence-electron chi connectivity index (χ1n) is 5.36. The summed E-state index contributed by atoms with van der Waals surface area (Å²) in [7, 11) is 0. The lowest BCUT2D eigenvalue weighted by atomic mass is 9.95. The summed E-state index contributed by atoms with van der Waals surface area (Å²) in [5.74, 6) is 0.821. The summed E-state index contributed by atoms with van der Waals surface area (Å²) in [6, 6.07) is 1.85. The first-order valence-corrected chi connectivity index (χ1v) is 6.15. The van der Waals surface area contributed by atoms with Gasteiger partial charge in [0.25, 0.3) is 0 Å². The third-order valence-electron chi connectivity index (χ3n) is 2.72. The number of aromatic nitrogens is 1. The van der Waals surface area contributed by atoms with Crippen molar-refractivity contribution in [2.75, 3.05) is 24.3 Å². The van der Waals surface area contributed by atoms with E-state index in [9.17, 15) is 0 Å². The Morgan fingerprint density at radius 3 is 3.06 bits per heavy atom. The smallest absolute Gasteiger partial charge is 0.140 e. The molecule has 4 nitrogen and oxygen atoms in total. The van der Waals surface area contributed by atoms with E-state index in [-0.39, 0.29) is 5.54 Å². The molecule has 1 aliphatic rings. The highest BCUT2D eigenvalue weighted by Crippen LogP contribution is 2.28. The van der Waals surface area contributed by atoms with Gasteiger partial charge in [-0.1, -0.05) is 0 Å². The summed E-state index contributed by atoms with van der Waals surface area (Å²) in [5, 5.41) is 3.41. The van der Waals surface area contributed by atoms with E-state index in [0.29, 0.717) is 12.3 Å². The second kappa shape index (κ2) is 4.59. The van der Waals surface area contributed by atoms with Crippen molar-refractivity contribution < 1.29 is 4.74 Å². The molecule has 5 heteroatoms. The van der Waals surface area contributed by atoms with Crippen molar-refractivity contribution in [3.05, 3.63) is 16.7 Å². The first-order chi connectivity index (χ1) is 7.59. The van der Waals surface area contributed by atoms with Crippen LogP contribution in [0.4, 0.5) is 11.5 Å². The van der Waals surface area contributed by atoms with Crippen LogP contribution in [-0.4, -0.2) is 23.7 Å². The molecule has 2 rings (SSSR count). The molecular weight excluding hydrogens is 270 g/mol. The number of nitrogens with two attached hydrogens (primary N) is 1. The van der Waals surface area contributed by atoms with E-state index in [1.165, 1.54) is 0 Å². The molecule has 3 N–H and O–H groups in total. The Morgan fingerprint density at radius 2 is 2.44 bits per heavy atom. The van der Waals surface area contributed by atoms with Crippen LogP contribution in [0.1, 0.15) is 19.8 Å². The average Bonchev–Trinajstić information content (AvgIpc) is 2.23. The second-order valence-electron chi connectivity index (χ2n) is 4.44. The number of halogens is 1. The summed E-state index contributed by atoms with van der Waals surface area (Å²) in [5.41, 5.74) is 6.27. The highest BCUT2D eigenvalue weighted by atomic mass is 79.9. The molecule has 16 heavy (non-hydrogen) atoms. The third-order valence-corrected chi connectivity index (χ3v) is 3.32. The van der Waals surface area contributed by atoms with Gasteiger partial charge < -0.3 is 15.8 Å². The van der Waals surface area contributed by atoms with Gasteiger partial charge in [-0.25, -0.2) is 4.98 Å². The predicted molar refractivity (Wildman–Crippen MR) is 68.4 cm³/mol. The minimum atomic E-state index is -0.0378. The summed E-state index contributed by atoms with van der Waals surface area (Å²) < 4.78 is 6.38. The molecule has 2 heterocycles. The fourth-order valence-corrected chi connectivity index (χ4v) is 2.33. The van der Waals surface area contributed by atoms with E-state index in [1.807, 2.05) is 6.07 Å². The number of ether oxygens (including phenoxy) is 1. The normalized spacial score (nSPS) is 25.4. The maximum atomic E-state index is 5.65. The van der Waals surface area contributed by atoms with Gasteiger partial charge in [-0.15, -0.1) is 0 Å². The second-order valence-corrected chi connectivity index (χ2v) is 5.30. The van der Waals surface area contributed by atoms with Crippen LogP contribution in [0.25, 0.3) is 0 Å². The van der Waals surface area contributed by atoms with E-state index >= 15 is 0 Å². The zero-order chi connectivity index (χ0) is 11.6. The van der Waals surface area contributed by atoms with Crippen LogP contribution in [0.2, 0.25) is 0 Å². The molecule has 0 amide bonds. The number of nitrogens with zero attached hydrogens (tertiary/aromatic N) is 1. The Labute approximate surface area is 104 Å². The zero-order valence-electron chi connectivity index (χ0n) is 9.29. The van der Waals surface area contributed by atoms with Gasteiger partial charge in [0.15, 0.2) is 0 Å². The Morgan fingerprint density at radius 1 is 1.62 bits per heavy atom. The molecule has 0 spiro atoms. The van der Waals surface area contributed by atoms with Crippen LogP contribution in [0, 0.1) is 0 Å². The molecule has 0 saturated carbocycles. The highest BCUT2D eigenvalue weighted by Gasteiger charge is 2.28. The van der Waals surface area contributed by atoms with E-state index in [1.54, 1.807) is 6.20 Å².